The van der Waals surface area contributed by atoms with E-state index in [4.69, 9.17) is 4.42 Å². The van der Waals surface area contributed by atoms with Crippen LogP contribution in [0.1, 0.15) is 38.0 Å². The molecule has 1 aromatic carbocycles. The lowest BCUT2D eigenvalue weighted by Gasteiger charge is -2.20. The molecule has 108 valence electrons. The van der Waals surface area contributed by atoms with Crippen molar-refractivity contribution in [3.8, 4) is 0 Å². The molecule has 3 heteroatoms. The van der Waals surface area contributed by atoms with Gasteiger partial charge in [-0.25, -0.2) is 0 Å². The molecule has 3 nitrogen and oxygen atoms in total. The van der Waals surface area contributed by atoms with Crippen LogP contribution in [-0.4, -0.2) is 24.0 Å². The summed E-state index contributed by atoms with van der Waals surface area (Å²) in [4.78, 5) is 2.53. The van der Waals surface area contributed by atoms with Crippen LogP contribution in [-0.2, 0) is 13.1 Å². The fourth-order valence-electron chi connectivity index (χ4n) is 3.13. The molecule has 1 unspecified atom stereocenters. The molecule has 0 saturated carbocycles. The van der Waals surface area contributed by atoms with Crippen LogP contribution in [0.2, 0.25) is 0 Å². The molecule has 1 N–H and O–H groups in total. The number of fused-ring (bicyclic) bond motifs is 1. The van der Waals surface area contributed by atoms with Crippen LogP contribution in [0, 0.1) is 0 Å². The Balaban J connectivity index is 1.91. The van der Waals surface area contributed by atoms with Gasteiger partial charge in [-0.3, -0.25) is 4.90 Å². The van der Waals surface area contributed by atoms with Crippen molar-refractivity contribution in [2.24, 2.45) is 0 Å². The molecule has 20 heavy (non-hydrogen) atoms. The van der Waals surface area contributed by atoms with Crippen LogP contribution >= 0.6 is 0 Å². The van der Waals surface area contributed by atoms with Crippen molar-refractivity contribution in [3.63, 3.8) is 0 Å². The number of rotatable bonds is 5. The highest BCUT2D eigenvalue weighted by atomic mass is 16.3. The zero-order chi connectivity index (χ0) is 13.9. The fourth-order valence-corrected chi connectivity index (χ4v) is 3.13. The SMILES string of the molecule is CCNCc1c(CN2CCCC2C)oc2ccccc12. The van der Waals surface area contributed by atoms with Crippen LogP contribution in [0.25, 0.3) is 11.0 Å². The summed E-state index contributed by atoms with van der Waals surface area (Å²) in [7, 11) is 0. The molecule has 1 aliphatic heterocycles. The fraction of sp³-hybridized carbons (Fsp3) is 0.529. The number of benzene rings is 1. The van der Waals surface area contributed by atoms with Crippen molar-refractivity contribution < 1.29 is 4.42 Å². The minimum absolute atomic E-state index is 0.676. The molecule has 1 aromatic heterocycles. The number of nitrogens with zero attached hydrogens (tertiary/aromatic N) is 1. The van der Waals surface area contributed by atoms with Gasteiger partial charge in [0.2, 0.25) is 0 Å². The lowest BCUT2D eigenvalue weighted by molar-refractivity contribution is 0.239. The summed E-state index contributed by atoms with van der Waals surface area (Å²) in [5.74, 6) is 1.14. The first-order valence-corrected chi connectivity index (χ1v) is 7.73. The van der Waals surface area contributed by atoms with Crippen molar-refractivity contribution in [2.45, 2.75) is 45.8 Å². The normalized spacial score (nSPS) is 20.0. The lowest BCUT2D eigenvalue weighted by Crippen LogP contribution is -2.26. The van der Waals surface area contributed by atoms with E-state index in [0.29, 0.717) is 6.04 Å². The minimum atomic E-state index is 0.676. The summed E-state index contributed by atoms with van der Waals surface area (Å²) in [5.41, 5.74) is 2.35. The van der Waals surface area contributed by atoms with Crippen LogP contribution in [0.3, 0.4) is 0 Å². The predicted molar refractivity (Wildman–Crippen MR) is 82.7 cm³/mol. The van der Waals surface area contributed by atoms with E-state index >= 15 is 0 Å². The molecule has 0 spiro atoms. The third-order valence-electron chi connectivity index (χ3n) is 4.37. The van der Waals surface area contributed by atoms with Gasteiger partial charge in [-0.15, -0.1) is 0 Å². The summed E-state index contributed by atoms with van der Waals surface area (Å²) in [6.07, 6.45) is 2.62. The van der Waals surface area contributed by atoms with Crippen LogP contribution in [0.4, 0.5) is 0 Å². The Kier molecular flexibility index (Phi) is 4.08. The maximum absolute atomic E-state index is 6.12. The smallest absolute Gasteiger partial charge is 0.134 e. The van der Waals surface area contributed by atoms with E-state index in [1.165, 1.54) is 30.3 Å². The molecule has 2 aromatic rings. The van der Waals surface area contributed by atoms with Crippen LogP contribution < -0.4 is 5.32 Å². The third kappa shape index (κ3) is 2.60. The van der Waals surface area contributed by atoms with Gasteiger partial charge in [-0.05, 0) is 38.9 Å². The highest BCUT2D eigenvalue weighted by Crippen LogP contribution is 2.29. The van der Waals surface area contributed by atoms with Crippen molar-refractivity contribution in [2.75, 3.05) is 13.1 Å². The van der Waals surface area contributed by atoms with E-state index < -0.39 is 0 Å². The second kappa shape index (κ2) is 5.98. The van der Waals surface area contributed by atoms with E-state index in [1.807, 2.05) is 6.07 Å². The topological polar surface area (TPSA) is 28.4 Å². The van der Waals surface area contributed by atoms with Gasteiger partial charge in [0, 0.05) is 23.5 Å². The van der Waals surface area contributed by atoms with Crippen LogP contribution in [0.15, 0.2) is 28.7 Å². The van der Waals surface area contributed by atoms with Crippen molar-refractivity contribution in [1.29, 1.82) is 0 Å². The summed E-state index contributed by atoms with van der Waals surface area (Å²) in [6, 6.07) is 9.06. The highest BCUT2D eigenvalue weighted by molar-refractivity contribution is 5.82. The second-order valence-corrected chi connectivity index (χ2v) is 5.74. The molecule has 0 aliphatic carbocycles. The first-order chi connectivity index (χ1) is 9.79. The number of likely N-dealkylation sites (tertiary alicyclic amines) is 1. The van der Waals surface area contributed by atoms with Crippen molar-refractivity contribution in [3.05, 3.63) is 35.6 Å². The maximum Gasteiger partial charge on any atom is 0.134 e. The standard InChI is InChI=1S/C17H24N2O/c1-3-18-11-15-14-8-4-5-9-16(14)20-17(15)12-19-10-6-7-13(19)2/h4-5,8-9,13,18H,3,6-7,10-12H2,1-2H3. The Morgan fingerprint density at radius 2 is 2.20 bits per heavy atom. The lowest BCUT2D eigenvalue weighted by atomic mass is 10.1. The van der Waals surface area contributed by atoms with Gasteiger partial charge < -0.3 is 9.73 Å². The molecule has 1 aliphatic rings. The molecule has 0 bridgehead atoms. The quantitative estimate of drug-likeness (QED) is 0.902. The summed E-state index contributed by atoms with van der Waals surface area (Å²) < 4.78 is 6.12. The molecule has 1 saturated heterocycles. The number of nitrogens with one attached hydrogen (secondary N) is 1. The molecule has 1 fully saturated rings. The number of para-hydroxylation sites is 1. The van der Waals surface area contributed by atoms with Gasteiger partial charge in [0.25, 0.3) is 0 Å². The molecular formula is C17H24N2O. The zero-order valence-corrected chi connectivity index (χ0v) is 12.5. The van der Waals surface area contributed by atoms with Crippen molar-refractivity contribution in [1.82, 2.24) is 10.2 Å². The number of hydrogen-bond acceptors (Lipinski definition) is 3. The van der Waals surface area contributed by atoms with Gasteiger partial charge in [-0.2, -0.15) is 0 Å². The Morgan fingerprint density at radius 3 is 2.95 bits per heavy atom. The summed E-state index contributed by atoms with van der Waals surface area (Å²) in [5, 5.41) is 4.70. The molecular weight excluding hydrogens is 248 g/mol. The molecule has 3 rings (SSSR count). The predicted octanol–water partition coefficient (Wildman–Crippen LogP) is 3.53. The van der Waals surface area contributed by atoms with Gasteiger partial charge in [0.05, 0.1) is 6.54 Å². The first kappa shape index (κ1) is 13.7. The Bertz CT molecular complexity index is 575. The summed E-state index contributed by atoms with van der Waals surface area (Å²) >= 11 is 0. The monoisotopic (exact) mass is 272 g/mol. The molecule has 2 heterocycles. The average Bonchev–Trinajstić information content (AvgIpc) is 3.01. The third-order valence-corrected chi connectivity index (χ3v) is 4.37. The Labute approximate surface area is 120 Å². The average molecular weight is 272 g/mol. The van der Waals surface area contributed by atoms with E-state index in [9.17, 15) is 0 Å². The van der Waals surface area contributed by atoms with E-state index in [-0.39, 0.29) is 0 Å². The summed E-state index contributed by atoms with van der Waals surface area (Å²) in [6.45, 7) is 8.48. The molecule has 0 radical (unpaired) electrons. The number of hydrogen-bond donors (Lipinski definition) is 1. The van der Waals surface area contributed by atoms with E-state index in [1.54, 1.807) is 0 Å². The van der Waals surface area contributed by atoms with Gasteiger partial charge in [-0.1, -0.05) is 25.1 Å². The highest BCUT2D eigenvalue weighted by Gasteiger charge is 2.23. The molecule has 0 amide bonds. The Morgan fingerprint density at radius 1 is 1.35 bits per heavy atom. The van der Waals surface area contributed by atoms with E-state index in [2.05, 4.69) is 42.3 Å². The van der Waals surface area contributed by atoms with Gasteiger partial charge in [0.15, 0.2) is 0 Å². The van der Waals surface area contributed by atoms with Gasteiger partial charge in [0.1, 0.15) is 11.3 Å². The largest absolute Gasteiger partial charge is 0.459 e. The zero-order valence-electron chi connectivity index (χ0n) is 12.5. The first-order valence-electron chi connectivity index (χ1n) is 7.73. The van der Waals surface area contributed by atoms with Gasteiger partial charge >= 0.3 is 0 Å². The Hall–Kier alpha value is -1.32. The molecule has 1 atom stereocenters. The van der Waals surface area contributed by atoms with E-state index in [0.717, 1.165) is 31.0 Å². The van der Waals surface area contributed by atoms with Crippen LogP contribution in [0.5, 0.6) is 0 Å². The van der Waals surface area contributed by atoms with Crippen molar-refractivity contribution >= 4 is 11.0 Å². The maximum atomic E-state index is 6.12. The second-order valence-electron chi connectivity index (χ2n) is 5.74. The number of furan rings is 1. The minimum Gasteiger partial charge on any atom is -0.459 e.